The van der Waals surface area contributed by atoms with Crippen LogP contribution < -0.4 is 10.1 Å². The summed E-state index contributed by atoms with van der Waals surface area (Å²) in [4.78, 5) is 15.9. The number of amides is 1. The van der Waals surface area contributed by atoms with Gasteiger partial charge in [-0.3, -0.25) is 9.78 Å². The zero-order valence-electron chi connectivity index (χ0n) is 13.6. The maximum Gasteiger partial charge on any atom is 0.226 e. The number of benzene rings is 1. The van der Waals surface area contributed by atoms with Crippen LogP contribution in [0, 0.1) is 12.8 Å². The Morgan fingerprint density at radius 3 is 2.74 bits per heavy atom. The van der Waals surface area contributed by atoms with Crippen LogP contribution in [-0.4, -0.2) is 22.1 Å². The lowest BCUT2D eigenvalue weighted by Gasteiger charge is -2.15. The minimum atomic E-state index is -0.635. The van der Waals surface area contributed by atoms with E-state index in [4.69, 9.17) is 4.74 Å². The molecule has 0 saturated carbocycles. The van der Waals surface area contributed by atoms with Gasteiger partial charge in [-0.05, 0) is 48.7 Å². The predicted octanol–water partition coefficient (Wildman–Crippen LogP) is 3.53. The van der Waals surface area contributed by atoms with Crippen LogP contribution in [-0.2, 0) is 4.79 Å². The van der Waals surface area contributed by atoms with Crippen LogP contribution in [0.5, 0.6) is 11.5 Å². The lowest BCUT2D eigenvalue weighted by atomic mass is 10.0. The van der Waals surface area contributed by atoms with Crippen molar-refractivity contribution in [3.05, 3.63) is 48.3 Å². The molecule has 0 aliphatic carbocycles. The molecule has 5 nitrogen and oxygen atoms in total. The van der Waals surface area contributed by atoms with Gasteiger partial charge in [-0.25, -0.2) is 0 Å². The van der Waals surface area contributed by atoms with Gasteiger partial charge in [-0.15, -0.1) is 0 Å². The molecule has 0 spiro atoms. The topological polar surface area (TPSA) is 71.5 Å². The van der Waals surface area contributed by atoms with Crippen LogP contribution in [0.4, 0.5) is 5.69 Å². The number of anilines is 1. The first-order valence-electron chi connectivity index (χ1n) is 7.62. The highest BCUT2D eigenvalue weighted by molar-refractivity contribution is 5.91. The number of carbonyl (C=O) groups excluding carboxylic acids is 1. The van der Waals surface area contributed by atoms with Gasteiger partial charge in [-0.2, -0.15) is 0 Å². The third-order valence-electron chi connectivity index (χ3n) is 3.48. The Labute approximate surface area is 136 Å². The zero-order chi connectivity index (χ0) is 16.8. The molecule has 1 amide bonds. The number of rotatable bonds is 6. The second-order valence-electron chi connectivity index (χ2n) is 5.83. The van der Waals surface area contributed by atoms with Crippen molar-refractivity contribution in [2.45, 2.75) is 33.3 Å². The van der Waals surface area contributed by atoms with E-state index >= 15 is 0 Å². The maximum atomic E-state index is 11.9. The molecular weight excluding hydrogens is 292 g/mol. The molecule has 1 aromatic heterocycles. The lowest BCUT2D eigenvalue weighted by molar-refractivity contribution is -0.118. The van der Waals surface area contributed by atoms with E-state index in [0.29, 0.717) is 17.2 Å². The second kappa shape index (κ2) is 7.74. The molecule has 0 aliphatic heterocycles. The molecule has 5 heteroatoms. The normalized spacial score (nSPS) is 12.0. The molecule has 1 aromatic carbocycles. The summed E-state index contributed by atoms with van der Waals surface area (Å²) >= 11 is 0. The maximum absolute atomic E-state index is 11.9. The summed E-state index contributed by atoms with van der Waals surface area (Å²) in [7, 11) is 0. The van der Waals surface area contributed by atoms with Crippen molar-refractivity contribution >= 4 is 11.6 Å². The van der Waals surface area contributed by atoms with Crippen molar-refractivity contribution in [3.63, 3.8) is 0 Å². The molecule has 1 heterocycles. The first kappa shape index (κ1) is 17.0. The van der Waals surface area contributed by atoms with Crippen molar-refractivity contribution in [2.24, 2.45) is 5.92 Å². The van der Waals surface area contributed by atoms with E-state index in [9.17, 15) is 9.90 Å². The van der Waals surface area contributed by atoms with Gasteiger partial charge < -0.3 is 15.2 Å². The number of pyridine rings is 1. The molecule has 0 aliphatic rings. The highest BCUT2D eigenvalue weighted by Gasteiger charge is 2.14. The van der Waals surface area contributed by atoms with E-state index in [0.717, 1.165) is 5.56 Å². The number of nitrogens with zero attached hydrogens (tertiary/aromatic N) is 1. The smallest absolute Gasteiger partial charge is 0.226 e. The second-order valence-corrected chi connectivity index (χ2v) is 5.83. The highest BCUT2D eigenvalue weighted by atomic mass is 16.5. The highest BCUT2D eigenvalue weighted by Crippen LogP contribution is 2.26. The number of aliphatic hydroxyl groups excluding tert-OH is 1. The van der Waals surface area contributed by atoms with Crippen molar-refractivity contribution in [1.29, 1.82) is 0 Å². The summed E-state index contributed by atoms with van der Waals surface area (Å²) in [5, 5.41) is 12.5. The van der Waals surface area contributed by atoms with E-state index < -0.39 is 6.10 Å². The number of nitrogens with one attached hydrogen (secondary N) is 1. The molecule has 0 fully saturated rings. The monoisotopic (exact) mass is 314 g/mol. The molecule has 2 N–H and O–H groups in total. The van der Waals surface area contributed by atoms with Crippen molar-refractivity contribution < 1.29 is 14.6 Å². The molecule has 0 bridgehead atoms. The summed E-state index contributed by atoms with van der Waals surface area (Å²) < 4.78 is 5.75. The SMILES string of the molecule is Cc1cc(NC(=O)CC(O)C(C)C)ccc1Oc1cccnc1. The van der Waals surface area contributed by atoms with Crippen molar-refractivity contribution in [1.82, 2.24) is 4.98 Å². The predicted molar refractivity (Wildman–Crippen MR) is 89.6 cm³/mol. The summed E-state index contributed by atoms with van der Waals surface area (Å²) in [6, 6.07) is 9.05. The first-order chi connectivity index (χ1) is 11.0. The number of aliphatic hydroxyl groups is 1. The molecule has 0 radical (unpaired) electrons. The molecular formula is C18H22N2O3. The van der Waals surface area contributed by atoms with E-state index in [-0.39, 0.29) is 18.2 Å². The minimum absolute atomic E-state index is 0.0535. The summed E-state index contributed by atoms with van der Waals surface area (Å²) in [5.41, 5.74) is 1.58. The van der Waals surface area contributed by atoms with E-state index in [2.05, 4.69) is 10.3 Å². The fraction of sp³-hybridized carbons (Fsp3) is 0.333. The fourth-order valence-corrected chi connectivity index (χ4v) is 2.01. The molecule has 2 rings (SSSR count). The molecule has 0 saturated heterocycles. The summed E-state index contributed by atoms with van der Waals surface area (Å²) in [6.45, 7) is 5.67. The largest absolute Gasteiger partial charge is 0.455 e. The Bertz CT molecular complexity index is 657. The average Bonchev–Trinajstić information content (AvgIpc) is 2.51. The van der Waals surface area contributed by atoms with Gasteiger partial charge in [0.05, 0.1) is 18.7 Å². The van der Waals surface area contributed by atoms with Crippen LogP contribution in [0.15, 0.2) is 42.7 Å². The quantitative estimate of drug-likeness (QED) is 0.855. The third-order valence-corrected chi connectivity index (χ3v) is 3.48. The van der Waals surface area contributed by atoms with Crippen LogP contribution in [0.3, 0.4) is 0 Å². The number of aromatic nitrogens is 1. The van der Waals surface area contributed by atoms with Crippen LogP contribution in [0.2, 0.25) is 0 Å². The van der Waals surface area contributed by atoms with Crippen LogP contribution >= 0.6 is 0 Å². The minimum Gasteiger partial charge on any atom is -0.455 e. The van der Waals surface area contributed by atoms with Gasteiger partial charge in [0.25, 0.3) is 0 Å². The summed E-state index contributed by atoms with van der Waals surface area (Å²) in [6.07, 6.45) is 2.78. The molecule has 2 aromatic rings. The Kier molecular flexibility index (Phi) is 5.71. The molecule has 23 heavy (non-hydrogen) atoms. The van der Waals surface area contributed by atoms with Gasteiger partial charge in [0.2, 0.25) is 5.91 Å². The number of hydrogen-bond donors (Lipinski definition) is 2. The van der Waals surface area contributed by atoms with Crippen molar-refractivity contribution in [2.75, 3.05) is 5.32 Å². The van der Waals surface area contributed by atoms with E-state index in [1.165, 1.54) is 0 Å². The molecule has 122 valence electrons. The Morgan fingerprint density at radius 2 is 2.13 bits per heavy atom. The fourth-order valence-electron chi connectivity index (χ4n) is 2.01. The summed E-state index contributed by atoms with van der Waals surface area (Å²) in [5.74, 6) is 1.22. The standard InChI is InChI=1S/C18H22N2O3/c1-12(2)16(21)10-18(22)20-14-6-7-17(13(3)9-14)23-15-5-4-8-19-11-15/h4-9,11-12,16,21H,10H2,1-3H3,(H,20,22). The Hall–Kier alpha value is -2.40. The Morgan fingerprint density at radius 1 is 1.35 bits per heavy atom. The van der Waals surface area contributed by atoms with Gasteiger partial charge in [-0.1, -0.05) is 13.8 Å². The van der Waals surface area contributed by atoms with Gasteiger partial charge in [0.1, 0.15) is 11.5 Å². The lowest BCUT2D eigenvalue weighted by Crippen LogP contribution is -2.23. The molecule has 1 atom stereocenters. The van der Waals surface area contributed by atoms with Crippen LogP contribution in [0.25, 0.3) is 0 Å². The number of aryl methyl sites for hydroxylation is 1. The first-order valence-corrected chi connectivity index (χ1v) is 7.62. The number of ether oxygens (including phenoxy) is 1. The third kappa shape index (κ3) is 5.07. The van der Waals surface area contributed by atoms with Gasteiger partial charge >= 0.3 is 0 Å². The molecule has 1 unspecified atom stereocenters. The zero-order valence-corrected chi connectivity index (χ0v) is 13.6. The van der Waals surface area contributed by atoms with Gasteiger partial charge in [0.15, 0.2) is 0 Å². The van der Waals surface area contributed by atoms with Crippen molar-refractivity contribution in [3.8, 4) is 11.5 Å². The van der Waals surface area contributed by atoms with E-state index in [1.807, 2.05) is 32.9 Å². The Balaban J connectivity index is 2.00. The van der Waals surface area contributed by atoms with Crippen LogP contribution in [0.1, 0.15) is 25.8 Å². The number of carbonyl (C=O) groups is 1. The average molecular weight is 314 g/mol. The van der Waals surface area contributed by atoms with Gasteiger partial charge in [0, 0.05) is 11.9 Å². The van der Waals surface area contributed by atoms with E-state index in [1.54, 1.807) is 30.6 Å². The number of hydrogen-bond acceptors (Lipinski definition) is 4.